The van der Waals surface area contributed by atoms with E-state index in [2.05, 4.69) is 20.6 Å². The van der Waals surface area contributed by atoms with Crippen LogP contribution in [0.2, 0.25) is 5.02 Å². The Morgan fingerprint density at radius 3 is 2.79 bits per heavy atom. The van der Waals surface area contributed by atoms with Gasteiger partial charge in [0.1, 0.15) is 11.6 Å². The third-order valence-corrected chi connectivity index (χ3v) is 5.02. The first-order chi connectivity index (χ1) is 14.0. The van der Waals surface area contributed by atoms with E-state index in [1.807, 2.05) is 0 Å². The van der Waals surface area contributed by atoms with Gasteiger partial charge in [0.15, 0.2) is 0 Å². The topological polar surface area (TPSA) is 83.4 Å². The van der Waals surface area contributed by atoms with Crippen molar-refractivity contribution in [1.29, 1.82) is 0 Å². The lowest BCUT2D eigenvalue weighted by Crippen LogP contribution is -2.39. The van der Waals surface area contributed by atoms with Crippen molar-refractivity contribution in [1.82, 2.24) is 10.3 Å². The SMILES string of the molecule is O=C(NC1CN=CC=C1c1cc(Cl)ccc1F)c1ccnc(NC(=O)C2CC2)c1. The Hall–Kier alpha value is -3.06. The summed E-state index contributed by atoms with van der Waals surface area (Å²) >= 11 is 6.01. The van der Waals surface area contributed by atoms with E-state index in [1.165, 1.54) is 30.5 Å². The fourth-order valence-electron chi connectivity index (χ4n) is 3.09. The van der Waals surface area contributed by atoms with Gasteiger partial charge in [0, 0.05) is 34.5 Å². The van der Waals surface area contributed by atoms with Crippen LogP contribution in [0, 0.1) is 11.7 Å². The molecule has 6 nitrogen and oxygen atoms in total. The predicted molar refractivity (Wildman–Crippen MR) is 110 cm³/mol. The number of aliphatic imine (C=N–C) groups is 1. The summed E-state index contributed by atoms with van der Waals surface area (Å²) in [6.07, 6.45) is 6.46. The molecular formula is C21H18ClFN4O2. The molecule has 2 heterocycles. The molecule has 2 amide bonds. The first-order valence-corrected chi connectivity index (χ1v) is 9.62. The molecule has 0 bridgehead atoms. The first-order valence-electron chi connectivity index (χ1n) is 9.24. The highest BCUT2D eigenvalue weighted by molar-refractivity contribution is 6.30. The van der Waals surface area contributed by atoms with E-state index in [4.69, 9.17) is 11.6 Å². The number of nitrogens with zero attached hydrogens (tertiary/aromatic N) is 2. The maximum atomic E-state index is 14.3. The zero-order chi connectivity index (χ0) is 20.4. The molecule has 1 saturated carbocycles. The summed E-state index contributed by atoms with van der Waals surface area (Å²) in [6.45, 7) is 0.278. The van der Waals surface area contributed by atoms with Gasteiger partial charge in [-0.25, -0.2) is 9.37 Å². The number of pyridine rings is 1. The van der Waals surface area contributed by atoms with Crippen molar-refractivity contribution < 1.29 is 14.0 Å². The second-order valence-corrected chi connectivity index (χ2v) is 7.42. The van der Waals surface area contributed by atoms with Crippen LogP contribution in [0.3, 0.4) is 0 Å². The fourth-order valence-corrected chi connectivity index (χ4v) is 3.26. The number of benzene rings is 1. The van der Waals surface area contributed by atoms with Crippen LogP contribution in [0.5, 0.6) is 0 Å². The lowest BCUT2D eigenvalue weighted by atomic mass is 9.96. The summed E-state index contributed by atoms with van der Waals surface area (Å²) in [6, 6.07) is 6.85. The molecule has 2 N–H and O–H groups in total. The molecule has 1 atom stereocenters. The lowest BCUT2D eigenvalue weighted by Gasteiger charge is -2.23. The molecule has 1 fully saturated rings. The van der Waals surface area contributed by atoms with Gasteiger partial charge in [-0.2, -0.15) is 0 Å². The Labute approximate surface area is 171 Å². The van der Waals surface area contributed by atoms with E-state index in [-0.39, 0.29) is 24.3 Å². The molecule has 0 spiro atoms. The minimum Gasteiger partial charge on any atom is -0.343 e. The molecule has 1 aliphatic heterocycles. The number of carbonyl (C=O) groups excluding carboxylic acids is 2. The van der Waals surface area contributed by atoms with Crippen molar-refractivity contribution in [2.75, 3.05) is 11.9 Å². The van der Waals surface area contributed by atoms with Crippen LogP contribution in [0.1, 0.15) is 28.8 Å². The zero-order valence-corrected chi connectivity index (χ0v) is 16.1. The van der Waals surface area contributed by atoms with Gasteiger partial charge in [-0.1, -0.05) is 11.6 Å². The van der Waals surface area contributed by atoms with Crippen molar-refractivity contribution in [2.45, 2.75) is 18.9 Å². The minimum absolute atomic E-state index is 0.0367. The normalized spacial score (nSPS) is 18.1. The van der Waals surface area contributed by atoms with Crippen LogP contribution in [0.15, 0.2) is 47.6 Å². The number of amides is 2. The number of dihydropyridines is 1. The van der Waals surface area contributed by atoms with Crippen molar-refractivity contribution >= 4 is 41.0 Å². The molecule has 8 heteroatoms. The molecule has 2 aliphatic rings. The van der Waals surface area contributed by atoms with Gasteiger partial charge in [0.05, 0.1) is 12.6 Å². The van der Waals surface area contributed by atoms with Gasteiger partial charge < -0.3 is 10.6 Å². The van der Waals surface area contributed by atoms with E-state index in [9.17, 15) is 14.0 Å². The average Bonchev–Trinajstić information content (AvgIpc) is 3.56. The summed E-state index contributed by atoms with van der Waals surface area (Å²) in [5.41, 5.74) is 1.25. The van der Waals surface area contributed by atoms with E-state index < -0.39 is 11.9 Å². The lowest BCUT2D eigenvalue weighted by molar-refractivity contribution is -0.117. The number of carbonyl (C=O) groups is 2. The molecule has 4 rings (SSSR count). The smallest absolute Gasteiger partial charge is 0.252 e. The maximum Gasteiger partial charge on any atom is 0.252 e. The molecule has 1 aliphatic carbocycles. The number of hydrogen-bond acceptors (Lipinski definition) is 4. The molecule has 0 saturated heterocycles. The average molecular weight is 413 g/mol. The largest absolute Gasteiger partial charge is 0.343 e. The maximum absolute atomic E-state index is 14.3. The molecule has 29 heavy (non-hydrogen) atoms. The van der Waals surface area contributed by atoms with E-state index in [0.29, 0.717) is 27.5 Å². The molecular weight excluding hydrogens is 395 g/mol. The predicted octanol–water partition coefficient (Wildman–Crippen LogP) is 3.49. The third-order valence-electron chi connectivity index (χ3n) is 4.79. The molecule has 1 aromatic heterocycles. The standard InChI is InChI=1S/C21H18ClFN4O2/c22-14-3-4-17(23)16(10-14)15-6-7-24-11-18(15)26-21(29)13-5-8-25-19(9-13)27-20(28)12-1-2-12/h3-10,12,18H,1-2,11H2,(H,26,29)(H,25,27,28). The fraction of sp³-hybridized carbons (Fsp3) is 0.238. The molecule has 0 radical (unpaired) electrons. The van der Waals surface area contributed by atoms with E-state index >= 15 is 0 Å². The number of aromatic nitrogens is 1. The van der Waals surface area contributed by atoms with Crippen LogP contribution in [0.25, 0.3) is 5.57 Å². The van der Waals surface area contributed by atoms with Gasteiger partial charge in [-0.15, -0.1) is 0 Å². The van der Waals surface area contributed by atoms with Crippen LogP contribution in [0.4, 0.5) is 10.2 Å². The molecule has 2 aromatic rings. The van der Waals surface area contributed by atoms with Gasteiger partial charge in [-0.3, -0.25) is 14.6 Å². The van der Waals surface area contributed by atoms with Crippen LogP contribution < -0.4 is 10.6 Å². The quantitative estimate of drug-likeness (QED) is 0.788. The Kier molecular flexibility index (Phi) is 5.40. The van der Waals surface area contributed by atoms with Crippen molar-refractivity contribution in [2.24, 2.45) is 10.9 Å². The minimum atomic E-state index is -0.516. The molecule has 1 aromatic carbocycles. The first kappa shape index (κ1) is 19.3. The zero-order valence-electron chi connectivity index (χ0n) is 15.4. The number of nitrogens with one attached hydrogen (secondary N) is 2. The highest BCUT2D eigenvalue weighted by atomic mass is 35.5. The summed E-state index contributed by atoms with van der Waals surface area (Å²) in [5, 5.41) is 6.00. The Balaban J connectivity index is 1.51. The molecule has 148 valence electrons. The highest BCUT2D eigenvalue weighted by Crippen LogP contribution is 2.30. The van der Waals surface area contributed by atoms with Gasteiger partial charge in [-0.05, 0) is 54.8 Å². The van der Waals surface area contributed by atoms with Crippen LogP contribution in [-0.4, -0.2) is 35.6 Å². The summed E-state index contributed by atoms with van der Waals surface area (Å²) in [4.78, 5) is 33.0. The second kappa shape index (κ2) is 8.13. The van der Waals surface area contributed by atoms with Crippen molar-refractivity contribution in [3.8, 4) is 0 Å². The highest BCUT2D eigenvalue weighted by Gasteiger charge is 2.30. The third kappa shape index (κ3) is 4.51. The number of allylic oxidation sites excluding steroid dienone is 1. The van der Waals surface area contributed by atoms with Gasteiger partial charge in [0.25, 0.3) is 5.91 Å². The Morgan fingerprint density at radius 2 is 2.00 bits per heavy atom. The van der Waals surface area contributed by atoms with Crippen LogP contribution in [-0.2, 0) is 4.79 Å². The number of halogens is 2. The Bertz CT molecular complexity index is 1030. The number of rotatable bonds is 5. The van der Waals surface area contributed by atoms with E-state index in [0.717, 1.165) is 12.8 Å². The summed E-state index contributed by atoms with van der Waals surface area (Å²) < 4.78 is 14.3. The number of hydrogen-bond donors (Lipinski definition) is 2. The monoisotopic (exact) mass is 412 g/mol. The summed E-state index contributed by atoms with van der Waals surface area (Å²) in [7, 11) is 0. The van der Waals surface area contributed by atoms with E-state index in [1.54, 1.807) is 18.4 Å². The van der Waals surface area contributed by atoms with Crippen molar-refractivity contribution in [3.63, 3.8) is 0 Å². The summed E-state index contributed by atoms with van der Waals surface area (Å²) in [5.74, 6) is -0.519. The second-order valence-electron chi connectivity index (χ2n) is 6.98. The van der Waals surface area contributed by atoms with Crippen LogP contribution >= 0.6 is 11.6 Å². The number of anilines is 1. The van der Waals surface area contributed by atoms with Gasteiger partial charge >= 0.3 is 0 Å². The van der Waals surface area contributed by atoms with Gasteiger partial charge in [0.2, 0.25) is 5.91 Å². The Morgan fingerprint density at radius 1 is 1.17 bits per heavy atom. The molecule has 1 unspecified atom stereocenters. The van der Waals surface area contributed by atoms with Crippen molar-refractivity contribution in [3.05, 3.63) is 64.6 Å².